The van der Waals surface area contributed by atoms with Gasteiger partial charge in [0.05, 0.1) is 22.1 Å². The van der Waals surface area contributed by atoms with Gasteiger partial charge in [-0.1, -0.05) is 121 Å². The van der Waals surface area contributed by atoms with Gasteiger partial charge >= 0.3 is 0 Å². The van der Waals surface area contributed by atoms with E-state index in [0.717, 1.165) is 0 Å². The first kappa shape index (κ1) is 26.8. The zero-order valence-corrected chi connectivity index (χ0v) is 26.2. The summed E-state index contributed by atoms with van der Waals surface area (Å²) in [6, 6.07) is 61.7. The Morgan fingerprint density at radius 1 is 0.292 bits per heavy atom. The molecule has 0 unspecified atom stereocenters. The monoisotopic (exact) mass is 610 g/mol. The van der Waals surface area contributed by atoms with E-state index in [4.69, 9.17) is 0 Å². The summed E-state index contributed by atoms with van der Waals surface area (Å²) >= 11 is 0. The van der Waals surface area contributed by atoms with Gasteiger partial charge in [0.2, 0.25) is 0 Å². The Kier molecular flexibility index (Phi) is 5.91. The van der Waals surface area contributed by atoms with Crippen LogP contribution in [0.15, 0.2) is 170 Å². The predicted molar refractivity (Wildman–Crippen MR) is 206 cm³/mol. The van der Waals surface area contributed by atoms with E-state index in [1.807, 2.05) is 0 Å². The van der Waals surface area contributed by atoms with Crippen molar-refractivity contribution in [2.75, 3.05) is 0 Å². The molecule has 0 aliphatic heterocycles. The molecule has 0 aliphatic rings. The highest BCUT2D eigenvalue weighted by Gasteiger charge is 2.13. The molecule has 0 N–H and O–H groups in total. The highest BCUT2D eigenvalue weighted by atomic mass is 15.0. The molecule has 10 rings (SSSR count). The van der Waals surface area contributed by atoms with Crippen LogP contribution in [0.25, 0.3) is 88.7 Å². The van der Waals surface area contributed by atoms with Gasteiger partial charge in [-0.25, -0.2) is 0 Å². The largest absolute Gasteiger partial charge is 0.309 e. The molecule has 0 saturated heterocycles. The van der Waals surface area contributed by atoms with E-state index in [0.29, 0.717) is 0 Å². The first-order chi connectivity index (χ1) is 23.8. The number of hydrogen-bond donors (Lipinski definition) is 0. The molecule has 0 atom stereocenters. The zero-order valence-electron chi connectivity index (χ0n) is 26.2. The quantitative estimate of drug-likeness (QED) is 0.175. The normalized spacial score (nSPS) is 12.1. The third kappa shape index (κ3) is 4.20. The molecule has 0 fully saturated rings. The summed E-state index contributed by atoms with van der Waals surface area (Å²) in [5.74, 6) is 0. The van der Waals surface area contributed by atoms with E-state index < -0.39 is 0 Å². The summed E-state index contributed by atoms with van der Waals surface area (Å²) in [7, 11) is 0. The maximum Gasteiger partial charge on any atom is 0.0541 e. The molecule has 2 nitrogen and oxygen atoms in total. The maximum absolute atomic E-state index is 2.38. The lowest BCUT2D eigenvalue weighted by Crippen LogP contribution is -1.93. The van der Waals surface area contributed by atoms with Crippen molar-refractivity contribution >= 4 is 77.3 Å². The number of rotatable bonds is 4. The number of aromatic nitrogens is 2. The average molecular weight is 611 g/mol. The van der Waals surface area contributed by atoms with Crippen LogP contribution in [0.2, 0.25) is 0 Å². The summed E-state index contributed by atoms with van der Waals surface area (Å²) in [6.45, 7) is 0. The summed E-state index contributed by atoms with van der Waals surface area (Å²) < 4.78 is 4.76. The third-order valence-corrected chi connectivity index (χ3v) is 9.84. The Labute approximate surface area is 278 Å². The Morgan fingerprint density at radius 3 is 0.979 bits per heavy atom. The van der Waals surface area contributed by atoms with Crippen molar-refractivity contribution in [1.82, 2.24) is 9.13 Å². The number of nitrogens with zero attached hydrogens (tertiary/aromatic N) is 2. The van der Waals surface area contributed by atoms with Gasteiger partial charge in [-0.2, -0.15) is 0 Å². The third-order valence-electron chi connectivity index (χ3n) is 9.84. The van der Waals surface area contributed by atoms with Crippen LogP contribution in [0.1, 0.15) is 11.1 Å². The van der Waals surface area contributed by atoms with Gasteiger partial charge in [-0.05, 0) is 93.3 Å². The van der Waals surface area contributed by atoms with Crippen LogP contribution in [0.3, 0.4) is 0 Å². The summed E-state index contributed by atoms with van der Waals surface area (Å²) in [6.07, 6.45) is 4.43. The van der Waals surface area contributed by atoms with E-state index in [9.17, 15) is 0 Å². The van der Waals surface area contributed by atoms with Gasteiger partial charge in [0, 0.05) is 32.9 Å². The topological polar surface area (TPSA) is 9.86 Å². The molecule has 0 saturated carbocycles. The van der Waals surface area contributed by atoms with Gasteiger partial charge in [-0.15, -0.1) is 0 Å². The summed E-state index contributed by atoms with van der Waals surface area (Å²) in [5.41, 5.74) is 9.67. The fourth-order valence-corrected chi connectivity index (χ4v) is 7.58. The summed E-state index contributed by atoms with van der Waals surface area (Å²) in [5, 5.41) is 10.1. The van der Waals surface area contributed by atoms with Crippen LogP contribution in [0.4, 0.5) is 0 Å². The van der Waals surface area contributed by atoms with Crippen molar-refractivity contribution in [2.45, 2.75) is 0 Å². The van der Waals surface area contributed by atoms with Crippen LogP contribution in [0.5, 0.6) is 0 Å². The van der Waals surface area contributed by atoms with E-state index in [-0.39, 0.29) is 0 Å². The Bertz CT molecular complexity index is 2590. The average Bonchev–Trinajstić information content (AvgIpc) is 3.67. The molecule has 0 aliphatic carbocycles. The molecular weight excluding hydrogens is 581 g/mol. The molecule has 0 radical (unpaired) electrons. The molecule has 2 heterocycles. The Hall–Kier alpha value is -6.38. The van der Waals surface area contributed by atoms with Gasteiger partial charge in [0.1, 0.15) is 0 Å². The molecular formula is C46H30N2. The minimum absolute atomic E-state index is 1.18. The Balaban J connectivity index is 0.965. The van der Waals surface area contributed by atoms with Gasteiger partial charge < -0.3 is 9.13 Å². The van der Waals surface area contributed by atoms with Gasteiger partial charge in [0.25, 0.3) is 0 Å². The minimum atomic E-state index is 1.18. The molecule has 0 amide bonds. The van der Waals surface area contributed by atoms with Crippen molar-refractivity contribution in [3.05, 3.63) is 181 Å². The number of benzene rings is 8. The first-order valence-electron chi connectivity index (χ1n) is 16.5. The van der Waals surface area contributed by atoms with Crippen molar-refractivity contribution in [2.24, 2.45) is 0 Å². The standard InChI is InChI=1S/C46H30N2/c1-5-13-43-39(9-1)40-10-2-6-14-44(40)47(43)37-25-23-33-27-31(19-21-35(33)29-37)17-18-32-20-22-36-30-38(26-24-34(36)28-32)48-45-15-7-3-11-41(45)42-12-4-8-16-46(42)48/h1-30H/b18-17+. The SMILES string of the molecule is C(=C\c1ccc2cc(-n3c4ccccc4c4ccccc43)ccc2c1)/c1ccc2cc(-n3c4ccccc4c4ccccc43)ccc2c1. The van der Waals surface area contributed by atoms with E-state index >= 15 is 0 Å². The van der Waals surface area contributed by atoms with E-state index in [1.54, 1.807) is 0 Å². The minimum Gasteiger partial charge on any atom is -0.309 e. The van der Waals surface area contributed by atoms with Crippen molar-refractivity contribution in [3.8, 4) is 11.4 Å². The van der Waals surface area contributed by atoms with Gasteiger partial charge in [0.15, 0.2) is 0 Å². The second-order valence-corrected chi connectivity index (χ2v) is 12.7. The van der Waals surface area contributed by atoms with Crippen molar-refractivity contribution < 1.29 is 0 Å². The number of fused-ring (bicyclic) bond motifs is 8. The number of hydrogen-bond acceptors (Lipinski definition) is 0. The van der Waals surface area contributed by atoms with Crippen LogP contribution < -0.4 is 0 Å². The smallest absolute Gasteiger partial charge is 0.0541 e. The molecule has 2 heteroatoms. The second-order valence-electron chi connectivity index (χ2n) is 12.7. The predicted octanol–water partition coefficient (Wildman–Crippen LogP) is 12.4. The fraction of sp³-hybridized carbons (Fsp3) is 0. The molecule has 0 bridgehead atoms. The lowest BCUT2D eigenvalue weighted by Gasteiger charge is -2.10. The molecule has 0 spiro atoms. The van der Waals surface area contributed by atoms with Crippen LogP contribution in [-0.2, 0) is 0 Å². The van der Waals surface area contributed by atoms with E-state index in [1.165, 1.54) is 87.7 Å². The zero-order chi connectivity index (χ0) is 31.6. The lowest BCUT2D eigenvalue weighted by molar-refractivity contribution is 1.19. The highest BCUT2D eigenvalue weighted by molar-refractivity contribution is 6.10. The molecule has 224 valence electrons. The number of para-hydroxylation sites is 4. The Morgan fingerprint density at radius 2 is 0.604 bits per heavy atom. The molecule has 48 heavy (non-hydrogen) atoms. The van der Waals surface area contributed by atoms with Crippen LogP contribution >= 0.6 is 0 Å². The fourth-order valence-electron chi connectivity index (χ4n) is 7.58. The summed E-state index contributed by atoms with van der Waals surface area (Å²) in [4.78, 5) is 0. The second kappa shape index (κ2) is 10.6. The van der Waals surface area contributed by atoms with E-state index in [2.05, 4.69) is 191 Å². The van der Waals surface area contributed by atoms with Crippen molar-refractivity contribution in [3.63, 3.8) is 0 Å². The van der Waals surface area contributed by atoms with Crippen LogP contribution in [0, 0.1) is 0 Å². The highest BCUT2D eigenvalue weighted by Crippen LogP contribution is 2.34. The van der Waals surface area contributed by atoms with Crippen molar-refractivity contribution in [1.29, 1.82) is 0 Å². The molecule has 8 aromatic carbocycles. The maximum atomic E-state index is 2.38. The van der Waals surface area contributed by atoms with Crippen LogP contribution in [-0.4, -0.2) is 9.13 Å². The first-order valence-corrected chi connectivity index (χ1v) is 16.5. The van der Waals surface area contributed by atoms with Gasteiger partial charge in [-0.3, -0.25) is 0 Å². The molecule has 10 aromatic rings. The lowest BCUT2D eigenvalue weighted by atomic mass is 10.0. The molecule has 2 aromatic heterocycles.